The summed E-state index contributed by atoms with van der Waals surface area (Å²) < 4.78 is 10.1. The minimum Gasteiger partial charge on any atom is -0.465 e. The molecule has 0 fully saturated rings. The Morgan fingerprint density at radius 3 is 2.74 bits per heavy atom. The van der Waals surface area contributed by atoms with Crippen molar-refractivity contribution in [1.29, 1.82) is 0 Å². The maximum atomic E-state index is 11.9. The Balaban J connectivity index is 1.97. The van der Waals surface area contributed by atoms with E-state index in [1.807, 2.05) is 0 Å². The van der Waals surface area contributed by atoms with Crippen molar-refractivity contribution in [2.45, 2.75) is 56.8 Å². The molecule has 23 heavy (non-hydrogen) atoms. The lowest BCUT2D eigenvalue weighted by molar-refractivity contribution is -0.702. The first-order chi connectivity index (χ1) is 11.3. The molecule has 2 rings (SSSR count). The lowest BCUT2D eigenvalue weighted by Crippen LogP contribution is -2.34. The molecule has 0 saturated carbocycles. The number of rotatable bonds is 10. The number of esters is 1. The highest BCUT2D eigenvalue weighted by molar-refractivity contribution is 8.01. The van der Waals surface area contributed by atoms with Gasteiger partial charge in [-0.05, 0) is 24.2 Å². The largest absolute Gasteiger partial charge is 0.465 e. The van der Waals surface area contributed by atoms with Crippen LogP contribution in [0.4, 0.5) is 0 Å². The highest BCUT2D eigenvalue weighted by atomic mass is 32.2. The molecule has 1 heterocycles. The van der Waals surface area contributed by atoms with Gasteiger partial charge in [-0.2, -0.15) is 4.57 Å². The number of nitrogens with zero attached hydrogens (tertiary/aromatic N) is 1. The fourth-order valence-corrected chi connectivity index (χ4v) is 4.62. The molecule has 5 heteroatoms. The summed E-state index contributed by atoms with van der Waals surface area (Å²) in [5.41, 5.74) is 1.27. The maximum absolute atomic E-state index is 11.9. The molecule has 3 nitrogen and oxygen atoms in total. The summed E-state index contributed by atoms with van der Waals surface area (Å²) in [7, 11) is 0. The van der Waals surface area contributed by atoms with E-state index >= 15 is 0 Å². The van der Waals surface area contributed by atoms with Crippen LogP contribution in [-0.4, -0.2) is 18.3 Å². The van der Waals surface area contributed by atoms with Crippen LogP contribution in [0.5, 0.6) is 0 Å². The number of para-hydroxylation sites is 1. The molecule has 2 aromatic rings. The molecule has 0 saturated heterocycles. The molecule has 0 aliphatic rings. The number of carbonyl (C=O) groups is 1. The summed E-state index contributed by atoms with van der Waals surface area (Å²) in [6.45, 7) is 5.91. The van der Waals surface area contributed by atoms with E-state index in [0.29, 0.717) is 12.4 Å². The molecule has 0 atom stereocenters. The average molecular weight is 353 g/mol. The Morgan fingerprint density at radius 1 is 1.17 bits per heavy atom. The standard InChI is InChI=1S/C18H26NO2S2/c1-3-5-9-13-21-17(20)14-22-18-19(12-6-4-2)15-10-7-8-11-16(15)23-18/h7-8,10-11H,3-6,9,12-14H2,1-2H3/q+1. The Morgan fingerprint density at radius 2 is 1.96 bits per heavy atom. The van der Waals surface area contributed by atoms with E-state index in [2.05, 4.69) is 42.7 Å². The van der Waals surface area contributed by atoms with E-state index in [0.717, 1.165) is 32.2 Å². The van der Waals surface area contributed by atoms with E-state index in [9.17, 15) is 4.79 Å². The molecule has 126 valence electrons. The second-order valence-electron chi connectivity index (χ2n) is 5.56. The monoisotopic (exact) mass is 352 g/mol. The van der Waals surface area contributed by atoms with Gasteiger partial charge in [0.25, 0.3) is 4.34 Å². The smallest absolute Gasteiger partial charge is 0.316 e. The normalized spacial score (nSPS) is 11.0. The fourth-order valence-electron chi connectivity index (χ4n) is 2.35. The summed E-state index contributed by atoms with van der Waals surface area (Å²) in [6, 6.07) is 8.46. The van der Waals surface area contributed by atoms with E-state index in [4.69, 9.17) is 4.74 Å². The highest BCUT2D eigenvalue weighted by Crippen LogP contribution is 2.28. The lowest BCUT2D eigenvalue weighted by atomic mass is 10.3. The van der Waals surface area contributed by atoms with Gasteiger partial charge in [0, 0.05) is 12.5 Å². The summed E-state index contributed by atoms with van der Waals surface area (Å²) in [5, 5.41) is 0. The first kappa shape index (κ1) is 18.3. The third-order valence-corrected chi connectivity index (χ3v) is 6.04. The molecule has 0 aliphatic heterocycles. The molecular formula is C18H26NO2S2+. The van der Waals surface area contributed by atoms with E-state index < -0.39 is 0 Å². The van der Waals surface area contributed by atoms with Crippen molar-refractivity contribution < 1.29 is 14.1 Å². The molecule has 1 aromatic heterocycles. The van der Waals surface area contributed by atoms with Gasteiger partial charge in [0.1, 0.15) is 10.5 Å². The van der Waals surface area contributed by atoms with Crippen LogP contribution in [0.3, 0.4) is 0 Å². The minimum absolute atomic E-state index is 0.106. The van der Waals surface area contributed by atoms with Crippen molar-refractivity contribution in [3.8, 4) is 0 Å². The third-order valence-electron chi connectivity index (χ3n) is 3.63. The zero-order valence-electron chi connectivity index (χ0n) is 14.0. The topological polar surface area (TPSA) is 30.2 Å². The van der Waals surface area contributed by atoms with Gasteiger partial charge in [0.2, 0.25) is 5.52 Å². The number of carbonyl (C=O) groups excluding carboxylic acids is 1. The number of ether oxygens (including phenoxy) is 1. The van der Waals surface area contributed by atoms with Crippen LogP contribution < -0.4 is 4.57 Å². The molecule has 0 unspecified atom stereocenters. The van der Waals surface area contributed by atoms with Gasteiger partial charge < -0.3 is 4.74 Å². The van der Waals surface area contributed by atoms with Crippen molar-refractivity contribution >= 4 is 39.3 Å². The highest BCUT2D eigenvalue weighted by Gasteiger charge is 2.21. The van der Waals surface area contributed by atoms with Crippen molar-refractivity contribution in [1.82, 2.24) is 0 Å². The SMILES string of the molecule is CCCCCOC(=O)CSc1sc2ccccc2[n+]1CCCC. The van der Waals surface area contributed by atoms with Gasteiger partial charge in [-0.3, -0.25) is 4.79 Å². The number of aryl methyl sites for hydroxylation is 1. The second-order valence-corrected chi connectivity index (χ2v) is 7.81. The number of hydrogen-bond acceptors (Lipinski definition) is 4. The molecule has 0 radical (unpaired) electrons. The van der Waals surface area contributed by atoms with Crippen LogP contribution >= 0.6 is 23.1 Å². The lowest BCUT2D eigenvalue weighted by Gasteiger charge is -2.03. The van der Waals surface area contributed by atoms with E-state index in [-0.39, 0.29) is 5.97 Å². The molecule has 0 bridgehead atoms. The van der Waals surface area contributed by atoms with Crippen LogP contribution in [0.2, 0.25) is 0 Å². The Labute approximate surface area is 147 Å². The molecular weight excluding hydrogens is 326 g/mol. The van der Waals surface area contributed by atoms with E-state index in [1.54, 1.807) is 23.1 Å². The van der Waals surface area contributed by atoms with Gasteiger partial charge in [-0.15, -0.1) is 0 Å². The van der Waals surface area contributed by atoms with Crippen LogP contribution in [0, 0.1) is 0 Å². The molecule has 1 aromatic carbocycles. The van der Waals surface area contributed by atoms with Crippen molar-refractivity contribution in [3.63, 3.8) is 0 Å². The average Bonchev–Trinajstić information content (AvgIpc) is 2.92. The number of thioether (sulfide) groups is 1. The summed E-state index contributed by atoms with van der Waals surface area (Å²) in [4.78, 5) is 11.9. The Bertz CT molecular complexity index is 625. The van der Waals surface area contributed by atoms with Crippen LogP contribution in [0.15, 0.2) is 28.6 Å². The number of aromatic nitrogens is 1. The minimum atomic E-state index is -0.106. The van der Waals surface area contributed by atoms with Gasteiger partial charge >= 0.3 is 5.97 Å². The summed E-state index contributed by atoms with van der Waals surface area (Å²) in [6.07, 6.45) is 5.55. The number of unbranched alkanes of at least 4 members (excludes halogenated alkanes) is 3. The van der Waals surface area contributed by atoms with Gasteiger partial charge in [-0.25, -0.2) is 0 Å². The number of thiazole rings is 1. The predicted octanol–water partition coefficient (Wildman–Crippen LogP) is 4.81. The van der Waals surface area contributed by atoms with Crippen LogP contribution in [0.25, 0.3) is 10.2 Å². The van der Waals surface area contributed by atoms with Crippen LogP contribution in [0.1, 0.15) is 46.0 Å². The van der Waals surface area contributed by atoms with E-state index in [1.165, 1.54) is 21.0 Å². The van der Waals surface area contributed by atoms with Gasteiger partial charge in [-0.1, -0.05) is 56.6 Å². The first-order valence-corrected chi connectivity index (χ1v) is 10.3. The molecule has 0 N–H and O–H groups in total. The Kier molecular flexibility index (Phi) is 7.89. The van der Waals surface area contributed by atoms with Crippen molar-refractivity contribution in [3.05, 3.63) is 24.3 Å². The zero-order chi connectivity index (χ0) is 16.5. The predicted molar refractivity (Wildman–Crippen MR) is 98.1 cm³/mol. The fraction of sp³-hybridized carbons (Fsp3) is 0.556. The molecule has 0 amide bonds. The molecule has 0 aliphatic carbocycles. The second kappa shape index (κ2) is 9.93. The summed E-state index contributed by atoms with van der Waals surface area (Å²) in [5.74, 6) is 0.288. The first-order valence-electron chi connectivity index (χ1n) is 8.46. The van der Waals surface area contributed by atoms with Crippen molar-refractivity contribution in [2.75, 3.05) is 12.4 Å². The summed E-state index contributed by atoms with van der Waals surface area (Å²) >= 11 is 3.37. The van der Waals surface area contributed by atoms with Gasteiger partial charge in [0.05, 0.1) is 6.61 Å². The zero-order valence-corrected chi connectivity index (χ0v) is 15.7. The van der Waals surface area contributed by atoms with Gasteiger partial charge in [0.15, 0.2) is 6.54 Å². The Hall–Kier alpha value is -1.07. The van der Waals surface area contributed by atoms with Crippen molar-refractivity contribution in [2.24, 2.45) is 0 Å². The third kappa shape index (κ3) is 5.50. The number of fused-ring (bicyclic) bond motifs is 1. The quantitative estimate of drug-likeness (QED) is 0.266. The molecule has 0 spiro atoms. The maximum Gasteiger partial charge on any atom is 0.316 e. The van der Waals surface area contributed by atoms with Crippen LogP contribution in [-0.2, 0) is 16.1 Å². The number of benzene rings is 1. The number of hydrogen-bond donors (Lipinski definition) is 0.